The molecule has 1 rings (SSSR count). The van der Waals surface area contributed by atoms with Gasteiger partial charge in [-0.2, -0.15) is 0 Å². The normalized spacial score (nSPS) is 10.0. The molecule has 0 unspecified atom stereocenters. The van der Waals surface area contributed by atoms with Gasteiger partial charge in [0.1, 0.15) is 0 Å². The first-order chi connectivity index (χ1) is 8.99. The Hall–Kier alpha value is -2.24. The van der Waals surface area contributed by atoms with E-state index in [1.165, 1.54) is 6.07 Å². The van der Waals surface area contributed by atoms with Gasteiger partial charge in [0, 0.05) is 19.3 Å². The van der Waals surface area contributed by atoms with Crippen molar-refractivity contribution in [3.8, 4) is 0 Å². The third-order valence-corrected chi connectivity index (χ3v) is 2.73. The van der Waals surface area contributed by atoms with E-state index in [4.69, 9.17) is 11.5 Å². The standard InChI is InChI=1S/C13H20N4O2/c1-3-6-17(8-12(18)16-2)11-5-4-9(14)7-10(11)13(15)19/h4-5,7H,3,6,8,14H2,1-2H3,(H2,15,19)(H,16,18). The van der Waals surface area contributed by atoms with Crippen LogP contribution in [-0.4, -0.2) is 32.0 Å². The number of nitrogens with two attached hydrogens (primary N) is 2. The summed E-state index contributed by atoms with van der Waals surface area (Å²) in [5.74, 6) is -0.680. The van der Waals surface area contributed by atoms with Crippen LogP contribution in [0.5, 0.6) is 0 Å². The molecule has 6 nitrogen and oxygen atoms in total. The maximum absolute atomic E-state index is 11.5. The fraction of sp³-hybridized carbons (Fsp3) is 0.385. The van der Waals surface area contributed by atoms with E-state index in [1.807, 2.05) is 11.8 Å². The number of likely N-dealkylation sites (N-methyl/N-ethyl adjacent to an activating group) is 1. The van der Waals surface area contributed by atoms with Gasteiger partial charge in [0.2, 0.25) is 5.91 Å². The van der Waals surface area contributed by atoms with Crippen LogP contribution in [0.3, 0.4) is 0 Å². The minimum Gasteiger partial charge on any atom is -0.399 e. The van der Waals surface area contributed by atoms with Crippen molar-refractivity contribution in [3.63, 3.8) is 0 Å². The molecular weight excluding hydrogens is 244 g/mol. The number of anilines is 2. The highest BCUT2D eigenvalue weighted by Gasteiger charge is 2.16. The van der Waals surface area contributed by atoms with Crippen LogP contribution in [-0.2, 0) is 4.79 Å². The Morgan fingerprint density at radius 3 is 2.58 bits per heavy atom. The van der Waals surface area contributed by atoms with Crippen LogP contribution in [0.4, 0.5) is 11.4 Å². The minimum atomic E-state index is -0.555. The Bertz CT molecular complexity index is 474. The van der Waals surface area contributed by atoms with Crippen LogP contribution in [0.25, 0.3) is 0 Å². The van der Waals surface area contributed by atoms with Gasteiger partial charge < -0.3 is 21.7 Å². The first kappa shape index (κ1) is 14.8. The monoisotopic (exact) mass is 264 g/mol. The van der Waals surface area contributed by atoms with E-state index in [0.717, 1.165) is 6.42 Å². The van der Waals surface area contributed by atoms with Crippen molar-refractivity contribution < 1.29 is 9.59 Å². The summed E-state index contributed by atoms with van der Waals surface area (Å²) >= 11 is 0. The molecule has 2 amide bonds. The molecule has 6 heteroatoms. The van der Waals surface area contributed by atoms with Gasteiger partial charge >= 0.3 is 0 Å². The third-order valence-electron chi connectivity index (χ3n) is 2.73. The Kier molecular flexibility index (Phi) is 5.17. The molecule has 0 atom stereocenters. The van der Waals surface area contributed by atoms with Gasteiger partial charge in [0.15, 0.2) is 0 Å². The van der Waals surface area contributed by atoms with Crippen LogP contribution in [0, 0.1) is 0 Å². The van der Waals surface area contributed by atoms with Crippen LogP contribution < -0.4 is 21.7 Å². The molecular formula is C13H20N4O2. The molecule has 104 valence electrons. The summed E-state index contributed by atoms with van der Waals surface area (Å²) in [5, 5.41) is 2.56. The molecule has 0 fully saturated rings. The SMILES string of the molecule is CCCN(CC(=O)NC)c1ccc(N)cc1C(N)=O. The van der Waals surface area contributed by atoms with Crippen molar-refractivity contribution in [2.45, 2.75) is 13.3 Å². The van der Waals surface area contributed by atoms with Gasteiger partial charge in [-0.05, 0) is 24.6 Å². The summed E-state index contributed by atoms with van der Waals surface area (Å²) < 4.78 is 0. The number of carbonyl (C=O) groups is 2. The number of nitrogens with zero attached hydrogens (tertiary/aromatic N) is 1. The highest BCUT2D eigenvalue weighted by molar-refractivity contribution is 6.00. The Morgan fingerprint density at radius 1 is 1.37 bits per heavy atom. The van der Waals surface area contributed by atoms with E-state index in [-0.39, 0.29) is 12.5 Å². The van der Waals surface area contributed by atoms with Gasteiger partial charge in [-0.25, -0.2) is 0 Å². The number of hydrogen-bond donors (Lipinski definition) is 3. The summed E-state index contributed by atoms with van der Waals surface area (Å²) in [6, 6.07) is 4.94. The van der Waals surface area contributed by atoms with Gasteiger partial charge in [0.25, 0.3) is 5.91 Å². The lowest BCUT2D eigenvalue weighted by molar-refractivity contribution is -0.119. The van der Waals surface area contributed by atoms with Crippen molar-refractivity contribution >= 4 is 23.2 Å². The molecule has 19 heavy (non-hydrogen) atoms. The Morgan fingerprint density at radius 2 is 2.05 bits per heavy atom. The van der Waals surface area contributed by atoms with Gasteiger partial charge in [-0.3, -0.25) is 9.59 Å². The predicted molar refractivity (Wildman–Crippen MR) is 75.9 cm³/mol. The zero-order valence-electron chi connectivity index (χ0n) is 11.3. The fourth-order valence-electron chi connectivity index (χ4n) is 1.83. The smallest absolute Gasteiger partial charge is 0.250 e. The number of benzene rings is 1. The molecule has 0 radical (unpaired) electrons. The molecule has 0 saturated heterocycles. The molecule has 1 aromatic carbocycles. The van der Waals surface area contributed by atoms with Crippen LogP contribution >= 0.6 is 0 Å². The average Bonchev–Trinajstić information content (AvgIpc) is 2.38. The first-order valence-corrected chi connectivity index (χ1v) is 6.14. The number of carbonyl (C=O) groups excluding carboxylic acids is 2. The second-order valence-corrected chi connectivity index (χ2v) is 4.24. The minimum absolute atomic E-state index is 0.124. The molecule has 0 aromatic heterocycles. The summed E-state index contributed by atoms with van der Waals surface area (Å²) in [4.78, 5) is 24.8. The van der Waals surface area contributed by atoms with E-state index >= 15 is 0 Å². The van der Waals surface area contributed by atoms with Gasteiger partial charge in [0.05, 0.1) is 17.8 Å². The molecule has 0 aliphatic heterocycles. The molecule has 0 spiro atoms. The zero-order valence-corrected chi connectivity index (χ0v) is 11.3. The van der Waals surface area contributed by atoms with Crippen LogP contribution in [0.2, 0.25) is 0 Å². The van der Waals surface area contributed by atoms with E-state index < -0.39 is 5.91 Å². The Labute approximate surface area is 112 Å². The number of hydrogen-bond acceptors (Lipinski definition) is 4. The number of primary amides is 1. The topological polar surface area (TPSA) is 101 Å². The highest BCUT2D eigenvalue weighted by Crippen LogP contribution is 2.23. The van der Waals surface area contributed by atoms with Gasteiger partial charge in [-0.1, -0.05) is 6.92 Å². The maximum atomic E-state index is 11.5. The maximum Gasteiger partial charge on any atom is 0.250 e. The summed E-state index contributed by atoms with van der Waals surface area (Å²) in [6.07, 6.45) is 0.847. The second-order valence-electron chi connectivity index (χ2n) is 4.24. The van der Waals surface area contributed by atoms with Crippen molar-refractivity contribution in [1.29, 1.82) is 0 Å². The number of nitrogen functional groups attached to an aromatic ring is 1. The van der Waals surface area contributed by atoms with Crippen LogP contribution in [0.15, 0.2) is 18.2 Å². The second kappa shape index (κ2) is 6.63. The van der Waals surface area contributed by atoms with Crippen molar-refractivity contribution in [2.75, 3.05) is 30.8 Å². The largest absolute Gasteiger partial charge is 0.399 e. The lowest BCUT2D eigenvalue weighted by Crippen LogP contribution is -2.37. The molecule has 5 N–H and O–H groups in total. The van der Waals surface area contributed by atoms with E-state index in [1.54, 1.807) is 19.2 Å². The lowest BCUT2D eigenvalue weighted by Gasteiger charge is -2.25. The molecule has 0 heterocycles. The first-order valence-electron chi connectivity index (χ1n) is 6.14. The number of amides is 2. The molecule has 0 aliphatic rings. The number of nitrogens with one attached hydrogen (secondary N) is 1. The average molecular weight is 264 g/mol. The van der Waals surface area contributed by atoms with Crippen molar-refractivity contribution in [3.05, 3.63) is 23.8 Å². The molecule has 0 aliphatic carbocycles. The van der Waals surface area contributed by atoms with Gasteiger partial charge in [-0.15, -0.1) is 0 Å². The van der Waals surface area contributed by atoms with E-state index in [0.29, 0.717) is 23.5 Å². The molecule has 0 bridgehead atoms. The predicted octanol–water partition coefficient (Wildman–Crippen LogP) is 0.330. The summed E-state index contributed by atoms with van der Waals surface area (Å²) in [7, 11) is 1.57. The number of rotatable bonds is 6. The third kappa shape index (κ3) is 3.87. The van der Waals surface area contributed by atoms with Crippen molar-refractivity contribution in [2.24, 2.45) is 5.73 Å². The quantitative estimate of drug-likeness (QED) is 0.644. The van der Waals surface area contributed by atoms with E-state index in [9.17, 15) is 9.59 Å². The highest BCUT2D eigenvalue weighted by atomic mass is 16.2. The van der Waals surface area contributed by atoms with E-state index in [2.05, 4.69) is 5.32 Å². The van der Waals surface area contributed by atoms with Crippen molar-refractivity contribution in [1.82, 2.24) is 5.32 Å². The molecule has 1 aromatic rings. The summed E-state index contributed by atoms with van der Waals surface area (Å²) in [5.41, 5.74) is 12.4. The molecule has 0 saturated carbocycles. The Balaban J connectivity index is 3.14. The summed E-state index contributed by atoms with van der Waals surface area (Å²) in [6.45, 7) is 2.82. The fourth-order valence-corrected chi connectivity index (χ4v) is 1.83. The zero-order chi connectivity index (χ0) is 14.4. The lowest BCUT2D eigenvalue weighted by atomic mass is 10.1. The van der Waals surface area contributed by atoms with Crippen LogP contribution in [0.1, 0.15) is 23.7 Å².